The minimum atomic E-state index is -0.572. The third-order valence-corrected chi connectivity index (χ3v) is 4.20. The Kier molecular flexibility index (Phi) is 17.5. The molecule has 0 spiro atoms. The monoisotopic (exact) mass is 421 g/mol. The van der Waals surface area contributed by atoms with Crippen LogP contribution in [-0.4, -0.2) is 80.0 Å². The summed E-state index contributed by atoms with van der Waals surface area (Å²) in [7, 11) is 2.12. The average Bonchev–Trinajstić information content (AvgIpc) is 2.49. The molecular formula is C15H34Cl3N5O2. The van der Waals surface area contributed by atoms with Gasteiger partial charge in [-0.2, -0.15) is 0 Å². The molecule has 25 heavy (non-hydrogen) atoms. The fraction of sp³-hybridized carbons (Fsp3) is 0.867. The lowest BCUT2D eigenvalue weighted by Crippen LogP contribution is -2.52. The smallest absolute Gasteiger partial charge is 0.239 e. The zero-order valence-corrected chi connectivity index (χ0v) is 17.9. The minimum absolute atomic E-state index is 0. The van der Waals surface area contributed by atoms with Crippen LogP contribution in [0.4, 0.5) is 0 Å². The van der Waals surface area contributed by atoms with Gasteiger partial charge in [-0.3, -0.25) is 14.5 Å². The molecule has 10 heteroatoms. The van der Waals surface area contributed by atoms with Crippen molar-refractivity contribution in [2.75, 3.05) is 46.3 Å². The molecule has 0 aliphatic carbocycles. The number of nitrogens with one attached hydrogen (secondary N) is 2. The van der Waals surface area contributed by atoms with E-state index in [1.54, 1.807) is 0 Å². The van der Waals surface area contributed by atoms with Gasteiger partial charge in [-0.05, 0) is 19.9 Å². The van der Waals surface area contributed by atoms with Gasteiger partial charge in [0.1, 0.15) is 0 Å². The molecule has 4 N–H and O–H groups in total. The summed E-state index contributed by atoms with van der Waals surface area (Å²) >= 11 is 0. The van der Waals surface area contributed by atoms with E-state index in [4.69, 9.17) is 5.73 Å². The molecule has 1 aliphatic rings. The Morgan fingerprint density at radius 2 is 1.52 bits per heavy atom. The van der Waals surface area contributed by atoms with E-state index >= 15 is 0 Å². The highest BCUT2D eigenvalue weighted by atomic mass is 35.5. The number of rotatable bonds is 7. The van der Waals surface area contributed by atoms with Gasteiger partial charge in [0.25, 0.3) is 0 Å². The number of halogens is 3. The van der Waals surface area contributed by atoms with Crippen LogP contribution in [0, 0.1) is 5.92 Å². The molecule has 0 bridgehead atoms. The molecule has 0 radical (unpaired) electrons. The summed E-state index contributed by atoms with van der Waals surface area (Å²) in [6.07, 6.45) is 0. The Hall–Kier alpha value is -0.310. The molecule has 2 atom stereocenters. The SMILES string of the molecule is CC(C)[C@H](N)C(=O)NCC(=O)NCC(C)N1CCN(C)CC1.Cl.Cl.Cl. The van der Waals surface area contributed by atoms with Gasteiger partial charge in [0.05, 0.1) is 12.6 Å². The summed E-state index contributed by atoms with van der Waals surface area (Å²) in [5.41, 5.74) is 5.72. The van der Waals surface area contributed by atoms with Crippen LogP contribution in [0.1, 0.15) is 20.8 Å². The second-order valence-corrected chi connectivity index (χ2v) is 6.48. The second-order valence-electron chi connectivity index (χ2n) is 6.48. The van der Waals surface area contributed by atoms with Gasteiger partial charge >= 0.3 is 0 Å². The van der Waals surface area contributed by atoms with Gasteiger partial charge in [-0.15, -0.1) is 37.2 Å². The van der Waals surface area contributed by atoms with E-state index in [9.17, 15) is 9.59 Å². The zero-order valence-electron chi connectivity index (χ0n) is 15.5. The molecule has 1 aliphatic heterocycles. The maximum absolute atomic E-state index is 11.8. The number of nitrogens with two attached hydrogens (primary N) is 1. The molecule has 0 saturated carbocycles. The highest BCUT2D eigenvalue weighted by Gasteiger charge is 2.20. The number of hydrogen-bond acceptors (Lipinski definition) is 5. The van der Waals surface area contributed by atoms with E-state index in [2.05, 4.69) is 34.4 Å². The van der Waals surface area contributed by atoms with E-state index in [1.165, 1.54) is 0 Å². The third-order valence-electron chi connectivity index (χ3n) is 4.20. The Labute approximate surface area is 170 Å². The average molecular weight is 423 g/mol. The Morgan fingerprint density at radius 1 is 1.00 bits per heavy atom. The van der Waals surface area contributed by atoms with Gasteiger partial charge in [-0.1, -0.05) is 13.8 Å². The number of piperazine rings is 1. The van der Waals surface area contributed by atoms with E-state index < -0.39 is 6.04 Å². The van der Waals surface area contributed by atoms with Crippen molar-refractivity contribution in [2.45, 2.75) is 32.9 Å². The Balaban J connectivity index is -0.00000161. The number of amides is 2. The van der Waals surface area contributed by atoms with Gasteiger partial charge in [-0.25, -0.2) is 0 Å². The number of likely N-dealkylation sites (N-methyl/N-ethyl adjacent to an activating group) is 1. The van der Waals surface area contributed by atoms with E-state index in [0.717, 1.165) is 26.2 Å². The second kappa shape index (κ2) is 14.8. The predicted molar refractivity (Wildman–Crippen MR) is 109 cm³/mol. The predicted octanol–water partition coefficient (Wildman–Crippen LogP) is 0.103. The van der Waals surface area contributed by atoms with Crippen molar-refractivity contribution in [3.63, 3.8) is 0 Å². The van der Waals surface area contributed by atoms with Gasteiger partial charge in [0.15, 0.2) is 0 Å². The molecule has 0 aromatic rings. The van der Waals surface area contributed by atoms with Crippen LogP contribution >= 0.6 is 37.2 Å². The summed E-state index contributed by atoms with van der Waals surface area (Å²) in [5.74, 6) is -0.400. The van der Waals surface area contributed by atoms with E-state index in [1.807, 2.05) is 13.8 Å². The number of carbonyl (C=O) groups excluding carboxylic acids is 2. The van der Waals surface area contributed by atoms with Crippen molar-refractivity contribution in [2.24, 2.45) is 11.7 Å². The molecular weight excluding hydrogens is 389 g/mol. The number of nitrogens with zero attached hydrogens (tertiary/aromatic N) is 2. The van der Waals surface area contributed by atoms with Crippen LogP contribution in [-0.2, 0) is 9.59 Å². The molecule has 0 aromatic heterocycles. The number of hydrogen-bond donors (Lipinski definition) is 3. The summed E-state index contributed by atoms with van der Waals surface area (Å²) in [6, 6.07) is -0.275. The first-order valence-corrected chi connectivity index (χ1v) is 8.03. The van der Waals surface area contributed by atoms with Crippen molar-refractivity contribution in [3.05, 3.63) is 0 Å². The van der Waals surface area contributed by atoms with E-state index in [0.29, 0.717) is 12.6 Å². The lowest BCUT2D eigenvalue weighted by molar-refractivity contribution is -0.127. The van der Waals surface area contributed by atoms with Gasteiger partial charge < -0.3 is 21.3 Å². The Bertz CT molecular complexity index is 380. The van der Waals surface area contributed by atoms with Crippen molar-refractivity contribution in [1.82, 2.24) is 20.4 Å². The minimum Gasteiger partial charge on any atom is -0.353 e. The zero-order chi connectivity index (χ0) is 16.7. The van der Waals surface area contributed by atoms with Crippen LogP contribution in [0.2, 0.25) is 0 Å². The fourth-order valence-corrected chi connectivity index (χ4v) is 2.30. The molecule has 0 aromatic carbocycles. The van der Waals surface area contributed by atoms with Crippen LogP contribution in [0.3, 0.4) is 0 Å². The van der Waals surface area contributed by atoms with Crippen LogP contribution in [0.25, 0.3) is 0 Å². The first-order valence-electron chi connectivity index (χ1n) is 8.03. The summed E-state index contributed by atoms with van der Waals surface area (Å²) < 4.78 is 0. The molecule has 1 heterocycles. The molecule has 1 unspecified atom stereocenters. The molecule has 1 fully saturated rings. The standard InChI is InChI=1S/C15H31N5O2.3ClH/c1-11(2)14(16)15(22)18-10-13(21)17-9-12(3)20-7-5-19(4)6-8-20;;;/h11-12,14H,5-10,16H2,1-4H3,(H,17,21)(H,18,22);3*1H/t12?,14-;;;/m0.../s1. The largest absolute Gasteiger partial charge is 0.353 e. The first-order chi connectivity index (χ1) is 10.3. The van der Waals surface area contributed by atoms with Crippen molar-refractivity contribution in [1.29, 1.82) is 0 Å². The number of carbonyl (C=O) groups is 2. The summed E-state index contributed by atoms with van der Waals surface area (Å²) in [5, 5.41) is 5.44. The van der Waals surface area contributed by atoms with Crippen molar-refractivity contribution in [3.8, 4) is 0 Å². The molecule has 1 saturated heterocycles. The van der Waals surface area contributed by atoms with Crippen molar-refractivity contribution < 1.29 is 9.59 Å². The van der Waals surface area contributed by atoms with E-state index in [-0.39, 0.29) is 61.5 Å². The highest BCUT2D eigenvalue weighted by molar-refractivity contribution is 5.87. The van der Waals surface area contributed by atoms with Crippen molar-refractivity contribution >= 4 is 49.0 Å². The summed E-state index contributed by atoms with van der Waals surface area (Å²) in [4.78, 5) is 28.1. The molecule has 2 amide bonds. The first kappa shape index (κ1) is 29.5. The lowest BCUT2D eigenvalue weighted by Gasteiger charge is -2.36. The topological polar surface area (TPSA) is 90.7 Å². The quantitative estimate of drug-likeness (QED) is 0.541. The molecule has 1 rings (SSSR count). The normalized spacial score (nSPS) is 17.4. The third kappa shape index (κ3) is 11.1. The maximum atomic E-state index is 11.8. The maximum Gasteiger partial charge on any atom is 0.239 e. The van der Waals surface area contributed by atoms with Gasteiger partial charge in [0.2, 0.25) is 11.8 Å². The van der Waals surface area contributed by atoms with Gasteiger partial charge in [0, 0.05) is 38.8 Å². The fourth-order valence-electron chi connectivity index (χ4n) is 2.30. The Morgan fingerprint density at radius 3 is 2.00 bits per heavy atom. The highest BCUT2D eigenvalue weighted by Crippen LogP contribution is 2.03. The van der Waals surface area contributed by atoms with Crippen LogP contribution < -0.4 is 16.4 Å². The molecule has 7 nitrogen and oxygen atoms in total. The summed E-state index contributed by atoms with van der Waals surface area (Å²) in [6.45, 7) is 10.6. The van der Waals surface area contributed by atoms with Crippen LogP contribution in [0.15, 0.2) is 0 Å². The molecule has 152 valence electrons. The van der Waals surface area contributed by atoms with Crippen LogP contribution in [0.5, 0.6) is 0 Å². The lowest BCUT2D eigenvalue weighted by atomic mass is 10.1.